The van der Waals surface area contributed by atoms with Crippen LogP contribution in [-0.4, -0.2) is 39.0 Å². The summed E-state index contributed by atoms with van der Waals surface area (Å²) in [6.45, 7) is 2.28. The van der Waals surface area contributed by atoms with E-state index in [9.17, 15) is 26.4 Å². The molecule has 2 rings (SSSR count). The van der Waals surface area contributed by atoms with Crippen molar-refractivity contribution < 1.29 is 35.9 Å². The molecule has 2 aromatic carbocycles. The Balaban J connectivity index is 1.88. The largest absolute Gasteiger partial charge is 0.491 e. The maximum absolute atomic E-state index is 12.2. The van der Waals surface area contributed by atoms with Gasteiger partial charge >= 0.3 is 6.18 Å². The van der Waals surface area contributed by atoms with Crippen LogP contribution in [0.2, 0.25) is 0 Å². The lowest BCUT2D eigenvalue weighted by molar-refractivity contribution is -0.153. The van der Waals surface area contributed by atoms with Crippen molar-refractivity contribution in [1.82, 2.24) is 0 Å². The van der Waals surface area contributed by atoms with Gasteiger partial charge in [-0.15, -0.1) is 0 Å². The number of rotatable bonds is 9. The minimum atomic E-state index is -4.46. The Morgan fingerprint density at radius 2 is 1.50 bits per heavy atom. The van der Waals surface area contributed by atoms with Gasteiger partial charge in [0.15, 0.2) is 6.61 Å². The number of nitrogens with one attached hydrogen (secondary N) is 2. The molecule has 0 unspecified atom stereocenters. The quantitative estimate of drug-likeness (QED) is 0.611. The number of benzene rings is 2. The molecule has 30 heavy (non-hydrogen) atoms. The van der Waals surface area contributed by atoms with Crippen LogP contribution in [0.25, 0.3) is 0 Å². The van der Waals surface area contributed by atoms with Gasteiger partial charge in [-0.3, -0.25) is 9.52 Å². The summed E-state index contributed by atoms with van der Waals surface area (Å²) >= 11 is 0. The second-order valence-electron chi connectivity index (χ2n) is 6.53. The first-order chi connectivity index (χ1) is 13.9. The van der Waals surface area contributed by atoms with E-state index in [0.717, 1.165) is 0 Å². The summed E-state index contributed by atoms with van der Waals surface area (Å²) in [5, 5.41) is 2.36. The second kappa shape index (κ2) is 9.70. The Bertz CT molecular complexity index is 944. The van der Waals surface area contributed by atoms with Crippen molar-refractivity contribution in [2.24, 2.45) is 0 Å². The summed E-state index contributed by atoms with van der Waals surface area (Å²) < 4.78 is 73.0. The summed E-state index contributed by atoms with van der Waals surface area (Å²) in [5.74, 6) is -1.12. The lowest BCUT2D eigenvalue weighted by Crippen LogP contribution is -2.27. The summed E-state index contributed by atoms with van der Waals surface area (Å²) in [7, 11) is -3.98. The van der Waals surface area contributed by atoms with E-state index in [1.54, 1.807) is 12.1 Å². The normalized spacial score (nSPS) is 11.8. The molecule has 164 valence electrons. The molecule has 0 saturated carbocycles. The van der Waals surface area contributed by atoms with Gasteiger partial charge in [-0.1, -0.05) is 0 Å². The number of alkyl halides is 3. The van der Waals surface area contributed by atoms with E-state index in [-0.39, 0.29) is 23.2 Å². The maximum Gasteiger partial charge on any atom is 0.422 e. The van der Waals surface area contributed by atoms with Crippen LogP contribution in [0, 0.1) is 0 Å². The van der Waals surface area contributed by atoms with Crippen LogP contribution in [0.15, 0.2) is 48.5 Å². The smallest absolute Gasteiger partial charge is 0.422 e. The number of carbonyl (C=O) groups is 1. The summed E-state index contributed by atoms with van der Waals surface area (Å²) in [4.78, 5) is 12.0. The third kappa shape index (κ3) is 8.60. The average molecular weight is 446 g/mol. The van der Waals surface area contributed by atoms with Crippen molar-refractivity contribution in [2.45, 2.75) is 26.1 Å². The monoisotopic (exact) mass is 446 g/mol. The zero-order valence-electron chi connectivity index (χ0n) is 16.2. The minimum Gasteiger partial charge on any atom is -0.491 e. The topological polar surface area (TPSA) is 93.7 Å². The molecular weight excluding hydrogens is 425 g/mol. The van der Waals surface area contributed by atoms with E-state index in [4.69, 9.17) is 4.74 Å². The Hall–Kier alpha value is -2.95. The fraction of sp³-hybridized carbons (Fsp3) is 0.316. The fourth-order valence-electron chi connectivity index (χ4n) is 2.26. The summed E-state index contributed by atoms with van der Waals surface area (Å²) in [6, 6.07) is 11.3. The van der Waals surface area contributed by atoms with E-state index < -0.39 is 34.5 Å². The molecule has 0 aromatic heterocycles. The fourth-order valence-corrected chi connectivity index (χ4v) is 3.24. The highest BCUT2D eigenvalue weighted by atomic mass is 32.2. The third-order valence-electron chi connectivity index (χ3n) is 3.36. The Labute approximate surface area is 172 Å². The van der Waals surface area contributed by atoms with Gasteiger partial charge in [0.25, 0.3) is 0 Å². The van der Waals surface area contributed by atoms with E-state index in [0.29, 0.717) is 5.75 Å². The number of sulfonamides is 1. The number of hydrogen-bond donors (Lipinski definition) is 2. The van der Waals surface area contributed by atoms with Gasteiger partial charge < -0.3 is 14.8 Å². The molecule has 0 heterocycles. The molecule has 11 heteroatoms. The van der Waals surface area contributed by atoms with Gasteiger partial charge in [0.2, 0.25) is 15.9 Å². The molecule has 2 N–H and O–H groups in total. The highest BCUT2D eigenvalue weighted by Gasteiger charge is 2.28. The van der Waals surface area contributed by atoms with Crippen LogP contribution in [0.1, 0.15) is 13.8 Å². The lowest BCUT2D eigenvalue weighted by Gasteiger charge is -2.12. The van der Waals surface area contributed by atoms with Crippen LogP contribution in [0.4, 0.5) is 24.5 Å². The molecule has 0 spiro atoms. The predicted octanol–water partition coefficient (Wildman–Crippen LogP) is 3.80. The lowest BCUT2D eigenvalue weighted by atomic mass is 10.3. The zero-order valence-corrected chi connectivity index (χ0v) is 17.0. The first-order valence-corrected chi connectivity index (χ1v) is 10.4. The average Bonchev–Trinajstić information content (AvgIpc) is 2.61. The summed E-state index contributed by atoms with van der Waals surface area (Å²) in [5.41, 5.74) is 0.481. The van der Waals surface area contributed by atoms with E-state index in [2.05, 4.69) is 14.8 Å². The molecular formula is C19H21F3N2O5S. The van der Waals surface area contributed by atoms with E-state index in [1.165, 1.54) is 36.4 Å². The number of anilines is 2. The van der Waals surface area contributed by atoms with Gasteiger partial charge in [-0.25, -0.2) is 8.42 Å². The molecule has 7 nitrogen and oxygen atoms in total. The standard InChI is InChI=1S/C19H21F3N2O5S/c1-13(2)29-17-9-5-15(6-10-17)24-30(26,27)11-18(25)23-14-3-7-16(8-4-14)28-12-19(20,21)22/h3-10,13,24H,11-12H2,1-2H3,(H,23,25). The van der Waals surface area contributed by atoms with Gasteiger partial charge in [-0.2, -0.15) is 13.2 Å². The molecule has 0 aliphatic rings. The first kappa shape index (κ1) is 23.3. The first-order valence-electron chi connectivity index (χ1n) is 8.78. The molecule has 0 radical (unpaired) electrons. The van der Waals surface area contributed by atoms with Crippen LogP contribution in [0.3, 0.4) is 0 Å². The van der Waals surface area contributed by atoms with E-state index >= 15 is 0 Å². The highest BCUT2D eigenvalue weighted by Crippen LogP contribution is 2.21. The maximum atomic E-state index is 12.2. The van der Waals surface area contributed by atoms with Gasteiger partial charge in [0, 0.05) is 11.4 Å². The molecule has 0 aliphatic heterocycles. The number of amides is 1. The predicted molar refractivity (Wildman–Crippen MR) is 106 cm³/mol. The molecule has 1 amide bonds. The van der Waals surface area contributed by atoms with Crippen molar-refractivity contribution >= 4 is 27.3 Å². The molecule has 0 bridgehead atoms. The Morgan fingerprint density at radius 3 is 2.03 bits per heavy atom. The second-order valence-corrected chi connectivity index (χ2v) is 8.25. The van der Waals surface area contributed by atoms with Crippen molar-refractivity contribution in [2.75, 3.05) is 22.4 Å². The highest BCUT2D eigenvalue weighted by molar-refractivity contribution is 7.93. The SMILES string of the molecule is CC(C)Oc1ccc(NS(=O)(=O)CC(=O)Nc2ccc(OCC(F)(F)F)cc2)cc1. The molecule has 0 saturated heterocycles. The zero-order chi connectivity index (χ0) is 22.4. The Morgan fingerprint density at radius 1 is 0.967 bits per heavy atom. The molecule has 0 atom stereocenters. The van der Waals surface area contributed by atoms with Crippen molar-refractivity contribution in [3.05, 3.63) is 48.5 Å². The van der Waals surface area contributed by atoms with Gasteiger partial charge in [0.1, 0.15) is 17.3 Å². The minimum absolute atomic E-state index is 0.0264. The third-order valence-corrected chi connectivity index (χ3v) is 4.55. The molecule has 2 aromatic rings. The molecule has 0 fully saturated rings. The number of carbonyl (C=O) groups excluding carboxylic acids is 1. The van der Waals surface area contributed by atoms with E-state index in [1.807, 2.05) is 13.8 Å². The number of hydrogen-bond acceptors (Lipinski definition) is 5. The number of ether oxygens (including phenoxy) is 2. The van der Waals surface area contributed by atoms with Gasteiger partial charge in [0.05, 0.1) is 6.10 Å². The van der Waals surface area contributed by atoms with Crippen molar-refractivity contribution in [1.29, 1.82) is 0 Å². The van der Waals surface area contributed by atoms with Crippen LogP contribution in [-0.2, 0) is 14.8 Å². The summed E-state index contributed by atoms with van der Waals surface area (Å²) in [6.07, 6.45) is -4.49. The van der Waals surface area contributed by atoms with Crippen LogP contribution in [0.5, 0.6) is 11.5 Å². The van der Waals surface area contributed by atoms with Crippen LogP contribution < -0.4 is 19.5 Å². The number of halogens is 3. The Kier molecular flexibility index (Phi) is 7.54. The van der Waals surface area contributed by atoms with Gasteiger partial charge in [-0.05, 0) is 62.4 Å². The van der Waals surface area contributed by atoms with Crippen LogP contribution >= 0.6 is 0 Å². The van der Waals surface area contributed by atoms with Crippen molar-refractivity contribution in [3.63, 3.8) is 0 Å². The molecule has 0 aliphatic carbocycles. The van der Waals surface area contributed by atoms with Crippen molar-refractivity contribution in [3.8, 4) is 11.5 Å².